The van der Waals surface area contributed by atoms with Crippen molar-refractivity contribution >= 4 is 12.6 Å². The van der Waals surface area contributed by atoms with E-state index in [2.05, 4.69) is 4.98 Å². The third-order valence-electron chi connectivity index (χ3n) is 2.31. The highest BCUT2D eigenvalue weighted by Crippen LogP contribution is 2.21. The minimum atomic E-state index is -0.596. The molecule has 0 atom stereocenters. The lowest BCUT2D eigenvalue weighted by molar-refractivity contribution is 0.0340. The van der Waals surface area contributed by atoms with Crippen molar-refractivity contribution in [2.45, 2.75) is 13.8 Å². The van der Waals surface area contributed by atoms with Crippen LogP contribution < -0.4 is 5.46 Å². The topological polar surface area (TPSA) is 31.4 Å². The van der Waals surface area contributed by atoms with Crippen LogP contribution in [0.3, 0.4) is 0 Å². The molecule has 0 N–H and O–H groups in total. The lowest BCUT2D eigenvalue weighted by Gasteiger charge is -2.33. The summed E-state index contributed by atoms with van der Waals surface area (Å²) >= 11 is 0. The van der Waals surface area contributed by atoms with Gasteiger partial charge in [-0.25, -0.2) is 4.39 Å². The van der Waals surface area contributed by atoms with Crippen LogP contribution in [0.2, 0.25) is 0 Å². The molecular formula is C10H13BFNO2. The maximum absolute atomic E-state index is 13.3. The third-order valence-corrected chi connectivity index (χ3v) is 2.31. The Labute approximate surface area is 88.8 Å². The smallest absolute Gasteiger partial charge is 0.407 e. The van der Waals surface area contributed by atoms with Gasteiger partial charge in [-0.05, 0) is 6.07 Å². The predicted octanol–water partition coefficient (Wildman–Crippen LogP) is 0.989. The number of nitrogens with zero attached hydrogens (tertiary/aromatic N) is 1. The molecule has 0 amide bonds. The standard InChI is InChI=1S/C10H13BFNO2/c1-10(2)6-14-11(15-7-10)8-3-4-13-5-9(8)12/h3-5H,6-7H2,1-2H3. The molecule has 15 heavy (non-hydrogen) atoms. The molecule has 0 unspecified atom stereocenters. The summed E-state index contributed by atoms with van der Waals surface area (Å²) in [5.74, 6) is -0.387. The van der Waals surface area contributed by atoms with Gasteiger partial charge in [0.2, 0.25) is 0 Å². The second-order valence-electron chi connectivity index (χ2n) is 4.52. The van der Waals surface area contributed by atoms with Crippen LogP contribution >= 0.6 is 0 Å². The highest BCUT2D eigenvalue weighted by Gasteiger charge is 2.34. The van der Waals surface area contributed by atoms with Crippen LogP contribution in [0.15, 0.2) is 18.5 Å². The molecule has 0 radical (unpaired) electrons. The summed E-state index contributed by atoms with van der Waals surface area (Å²) in [5.41, 5.74) is 0.417. The van der Waals surface area contributed by atoms with Crippen molar-refractivity contribution in [3.05, 3.63) is 24.3 Å². The molecule has 0 aromatic carbocycles. The summed E-state index contributed by atoms with van der Waals surface area (Å²) < 4.78 is 24.3. The summed E-state index contributed by atoms with van der Waals surface area (Å²) in [6.45, 7) is 5.23. The van der Waals surface area contributed by atoms with E-state index in [0.29, 0.717) is 18.7 Å². The average Bonchev–Trinajstić information content (AvgIpc) is 2.19. The Balaban J connectivity index is 2.11. The average molecular weight is 209 g/mol. The van der Waals surface area contributed by atoms with Crippen LogP contribution in [0.4, 0.5) is 4.39 Å². The van der Waals surface area contributed by atoms with E-state index in [1.807, 2.05) is 13.8 Å². The van der Waals surface area contributed by atoms with Gasteiger partial charge < -0.3 is 9.31 Å². The van der Waals surface area contributed by atoms with Crippen LogP contribution in [-0.2, 0) is 9.31 Å². The van der Waals surface area contributed by atoms with E-state index in [4.69, 9.17) is 9.31 Å². The Hall–Kier alpha value is -0.935. The van der Waals surface area contributed by atoms with Crippen LogP contribution in [-0.4, -0.2) is 25.3 Å². The van der Waals surface area contributed by atoms with E-state index in [9.17, 15) is 4.39 Å². The summed E-state index contributed by atoms with van der Waals surface area (Å²) in [6.07, 6.45) is 2.70. The van der Waals surface area contributed by atoms with Crippen molar-refractivity contribution < 1.29 is 13.7 Å². The van der Waals surface area contributed by atoms with Gasteiger partial charge in [-0.1, -0.05) is 13.8 Å². The molecule has 0 saturated carbocycles. The molecule has 3 nitrogen and oxygen atoms in total. The molecule has 0 bridgehead atoms. The fourth-order valence-corrected chi connectivity index (χ4v) is 1.45. The number of aromatic nitrogens is 1. The van der Waals surface area contributed by atoms with Gasteiger partial charge in [-0.15, -0.1) is 0 Å². The largest absolute Gasteiger partial charge is 0.497 e. The minimum absolute atomic E-state index is 0.00000650. The summed E-state index contributed by atoms with van der Waals surface area (Å²) in [6, 6.07) is 1.58. The van der Waals surface area contributed by atoms with Crippen LogP contribution in [0.5, 0.6) is 0 Å². The van der Waals surface area contributed by atoms with Gasteiger partial charge in [0.05, 0.1) is 6.20 Å². The van der Waals surface area contributed by atoms with Gasteiger partial charge in [0.25, 0.3) is 0 Å². The second kappa shape index (κ2) is 3.91. The van der Waals surface area contributed by atoms with Gasteiger partial charge in [-0.3, -0.25) is 4.98 Å². The normalized spacial score (nSPS) is 20.3. The second-order valence-corrected chi connectivity index (χ2v) is 4.52. The monoisotopic (exact) mass is 209 g/mol. The van der Waals surface area contributed by atoms with Crippen LogP contribution in [0, 0.1) is 11.2 Å². The third kappa shape index (κ3) is 2.35. The Kier molecular flexibility index (Phi) is 2.75. The molecule has 2 rings (SSSR count). The molecule has 5 heteroatoms. The van der Waals surface area contributed by atoms with Crippen molar-refractivity contribution in [3.63, 3.8) is 0 Å². The molecular weight excluding hydrogens is 196 g/mol. The van der Waals surface area contributed by atoms with Crippen LogP contribution in [0.1, 0.15) is 13.8 Å². The van der Waals surface area contributed by atoms with Gasteiger partial charge >= 0.3 is 7.12 Å². The van der Waals surface area contributed by atoms with Gasteiger partial charge in [0.1, 0.15) is 5.82 Å². The Morgan fingerprint density at radius 3 is 2.67 bits per heavy atom. The number of hydrogen-bond donors (Lipinski definition) is 0. The van der Waals surface area contributed by atoms with E-state index >= 15 is 0 Å². The predicted molar refractivity (Wildman–Crippen MR) is 55.3 cm³/mol. The summed E-state index contributed by atoms with van der Waals surface area (Å²) in [5, 5.41) is 0. The zero-order chi connectivity index (χ0) is 10.9. The first-order valence-electron chi connectivity index (χ1n) is 4.91. The molecule has 1 saturated heterocycles. The van der Waals surface area contributed by atoms with Crippen molar-refractivity contribution in [2.24, 2.45) is 5.41 Å². The lowest BCUT2D eigenvalue weighted by atomic mass is 9.76. The summed E-state index contributed by atoms with van der Waals surface area (Å²) in [7, 11) is -0.596. The maximum Gasteiger partial charge on any atom is 0.497 e. The van der Waals surface area contributed by atoms with E-state index in [1.54, 1.807) is 6.07 Å². The first-order valence-corrected chi connectivity index (χ1v) is 4.91. The van der Waals surface area contributed by atoms with E-state index in [-0.39, 0.29) is 11.2 Å². The zero-order valence-electron chi connectivity index (χ0n) is 8.87. The van der Waals surface area contributed by atoms with E-state index < -0.39 is 7.12 Å². The van der Waals surface area contributed by atoms with Gasteiger partial charge in [0, 0.05) is 30.3 Å². The van der Waals surface area contributed by atoms with Crippen molar-refractivity contribution in [2.75, 3.05) is 13.2 Å². The van der Waals surface area contributed by atoms with Gasteiger partial charge in [0.15, 0.2) is 0 Å². The summed E-state index contributed by atoms with van der Waals surface area (Å²) in [4.78, 5) is 3.68. The van der Waals surface area contributed by atoms with Crippen molar-refractivity contribution in [1.29, 1.82) is 0 Å². The molecule has 0 aliphatic carbocycles. The Morgan fingerprint density at radius 1 is 1.40 bits per heavy atom. The molecule has 1 aromatic rings. The van der Waals surface area contributed by atoms with E-state index in [1.165, 1.54) is 12.4 Å². The highest BCUT2D eigenvalue weighted by molar-refractivity contribution is 6.61. The van der Waals surface area contributed by atoms with Gasteiger partial charge in [-0.2, -0.15) is 0 Å². The first kappa shape index (κ1) is 10.6. The van der Waals surface area contributed by atoms with Crippen LogP contribution in [0.25, 0.3) is 0 Å². The van der Waals surface area contributed by atoms with E-state index in [0.717, 1.165) is 0 Å². The molecule has 1 fully saturated rings. The number of rotatable bonds is 1. The highest BCUT2D eigenvalue weighted by atomic mass is 19.1. The minimum Gasteiger partial charge on any atom is -0.407 e. The number of hydrogen-bond acceptors (Lipinski definition) is 3. The Morgan fingerprint density at radius 2 is 2.07 bits per heavy atom. The molecule has 2 heterocycles. The SMILES string of the molecule is CC1(C)COB(c2ccncc2F)OC1. The molecule has 1 aliphatic heterocycles. The number of pyridine rings is 1. The molecule has 0 spiro atoms. The molecule has 80 valence electrons. The maximum atomic E-state index is 13.3. The lowest BCUT2D eigenvalue weighted by Crippen LogP contribution is -2.48. The molecule has 1 aliphatic rings. The quantitative estimate of drug-likeness (QED) is 0.646. The fraction of sp³-hybridized carbons (Fsp3) is 0.500. The van der Waals surface area contributed by atoms with Crippen molar-refractivity contribution in [3.8, 4) is 0 Å². The zero-order valence-corrected chi connectivity index (χ0v) is 8.87. The van der Waals surface area contributed by atoms with Crippen molar-refractivity contribution in [1.82, 2.24) is 4.98 Å². The Bertz CT molecular complexity index is 349. The number of halogens is 1. The first-order chi connectivity index (χ1) is 7.08. The molecule has 1 aromatic heterocycles. The fourth-order valence-electron chi connectivity index (χ4n) is 1.45.